The van der Waals surface area contributed by atoms with E-state index in [0.717, 1.165) is 4.90 Å². The number of pyridine rings is 1. The summed E-state index contributed by atoms with van der Waals surface area (Å²) < 4.78 is 104. The lowest BCUT2D eigenvalue weighted by atomic mass is 9.92. The number of hydrogen-bond acceptors (Lipinski definition) is 37. The maximum atomic E-state index is 14.6. The van der Waals surface area contributed by atoms with Gasteiger partial charge in [-0.05, 0) is 89.5 Å². The quantitative estimate of drug-likeness (QED) is 0.0254. The van der Waals surface area contributed by atoms with Gasteiger partial charge in [0.2, 0.25) is 23.6 Å². The van der Waals surface area contributed by atoms with E-state index < -0.39 is 232 Å². The second-order valence-electron chi connectivity index (χ2n) is 35.1. The van der Waals surface area contributed by atoms with Gasteiger partial charge in [0.05, 0.1) is 115 Å². The molecule has 0 radical (unpaired) electrons. The van der Waals surface area contributed by atoms with Gasteiger partial charge in [0.25, 0.3) is 0 Å². The monoisotopic (exact) mass is 1930 g/mol. The molecule has 46 heteroatoms. The van der Waals surface area contributed by atoms with Gasteiger partial charge in [-0.3, -0.25) is 61.3 Å². The molecule has 5 aliphatic heterocycles. The molecule has 2 aromatic heterocycles. The lowest BCUT2D eigenvalue weighted by Crippen LogP contribution is -2.64. The Hall–Kier alpha value is -5.89. The normalized spacial score (nSPS) is 27.7. The summed E-state index contributed by atoms with van der Waals surface area (Å²) in [4.78, 5) is 151. The van der Waals surface area contributed by atoms with Crippen molar-refractivity contribution in [2.24, 2.45) is 11.8 Å². The molecule has 7 heterocycles. The number of nitrogen functional groups attached to an aromatic ring is 1. The number of phosphoric acid groups is 1. The van der Waals surface area contributed by atoms with Crippen LogP contribution in [0.5, 0.6) is 0 Å². The molecule has 17 N–H and O–H groups in total. The van der Waals surface area contributed by atoms with Gasteiger partial charge in [-0.2, -0.15) is 0 Å². The van der Waals surface area contributed by atoms with Gasteiger partial charge in [0, 0.05) is 135 Å². The number of likely N-dealkylation sites (tertiary alicyclic amines) is 1. The highest BCUT2D eigenvalue weighted by molar-refractivity contribution is 7.53. The van der Waals surface area contributed by atoms with Crippen molar-refractivity contribution >= 4 is 84.8 Å². The van der Waals surface area contributed by atoms with Crippen molar-refractivity contribution < 1.29 is 174 Å². The van der Waals surface area contributed by atoms with E-state index in [0.29, 0.717) is 107 Å². The molecular formula is C86H144N8O36P2. The first kappa shape index (κ1) is 113. The number of carbonyl (C=O) groups excluding carboxylic acids is 9. The summed E-state index contributed by atoms with van der Waals surface area (Å²) in [6.45, 7) is 2.88. The number of phosphoric ester groups is 1. The number of Topliss-reactive ketones (excluding diaryl/α,β-unsaturated/α-hetero) is 5. The molecule has 44 nitrogen and oxygen atoms in total. The summed E-state index contributed by atoms with van der Waals surface area (Å²) in [5.74, 6) is -4.27. The molecule has 5 fully saturated rings. The number of nitrogens with zero attached hydrogens (tertiary/aromatic N) is 4. The van der Waals surface area contributed by atoms with Crippen molar-refractivity contribution in [2.75, 3.05) is 111 Å². The van der Waals surface area contributed by atoms with Crippen molar-refractivity contribution in [2.45, 2.75) is 336 Å². The Balaban J connectivity index is 0.957. The number of nitrogens with one attached hydrogen (secondary N) is 3. The molecule has 2 aromatic rings. The van der Waals surface area contributed by atoms with Crippen LogP contribution in [0.2, 0.25) is 0 Å². The molecular weight excluding hydrogens is 1780 g/mol. The summed E-state index contributed by atoms with van der Waals surface area (Å²) in [6, 6.07) is -0.715. The number of carbonyl (C=O) groups is 9. The number of imidazole rings is 1. The molecule has 0 aromatic carbocycles. The molecule has 0 bridgehead atoms. The number of hydrogen-bond donors (Lipinski definition) is 16. The molecule has 5 aliphatic rings. The number of ketones is 5. The molecule has 4 amide bonds. The van der Waals surface area contributed by atoms with Gasteiger partial charge in [0.15, 0.2) is 24.5 Å². The number of aliphatic hydroxyl groups excluding tert-OH is 10. The Bertz CT molecular complexity index is 3870. The number of β-amino-alcohol motifs (C(OH)–C–C–N with tert-alkyl or cyclic N) is 1. The lowest BCUT2D eigenvalue weighted by molar-refractivity contribution is -0.282. The van der Waals surface area contributed by atoms with Crippen molar-refractivity contribution in [3.8, 4) is 0 Å². The summed E-state index contributed by atoms with van der Waals surface area (Å²) in [6.07, 6.45) is -8.84. The Morgan fingerprint density at radius 2 is 0.992 bits per heavy atom. The fourth-order valence-corrected chi connectivity index (χ4v) is 17.5. The summed E-state index contributed by atoms with van der Waals surface area (Å²) in [5.41, 5.74) is 4.47. The van der Waals surface area contributed by atoms with Crippen LogP contribution in [0, 0.1) is 11.8 Å². The topological polar surface area (TPSA) is 647 Å². The van der Waals surface area contributed by atoms with Crippen LogP contribution >= 0.6 is 15.4 Å². The van der Waals surface area contributed by atoms with Crippen LogP contribution in [-0.4, -0.2) is 354 Å². The Labute approximate surface area is 768 Å². The highest BCUT2D eigenvalue weighted by atomic mass is 31.2. The van der Waals surface area contributed by atoms with Gasteiger partial charge < -0.3 is 139 Å². The number of unbranched alkanes of at least 4 members (excludes halogenated alkanes) is 8. The zero-order valence-corrected chi connectivity index (χ0v) is 78.2. The lowest BCUT2D eigenvalue weighted by Gasteiger charge is -2.42. The zero-order valence-electron chi connectivity index (χ0n) is 76.4. The van der Waals surface area contributed by atoms with Crippen LogP contribution in [0.4, 0.5) is 5.69 Å². The van der Waals surface area contributed by atoms with Crippen LogP contribution in [0.1, 0.15) is 221 Å². The van der Waals surface area contributed by atoms with Crippen molar-refractivity contribution in [3.05, 3.63) is 18.6 Å². The molecule has 0 saturated carbocycles. The average molecular weight is 1930 g/mol. The number of anilines is 1. The van der Waals surface area contributed by atoms with Gasteiger partial charge in [-0.25, -0.2) is 14.5 Å². The van der Waals surface area contributed by atoms with E-state index in [9.17, 15) is 113 Å². The second kappa shape index (κ2) is 58.1. The molecule has 0 aliphatic carbocycles. The maximum Gasteiger partial charge on any atom is 0.472 e. The first-order chi connectivity index (χ1) is 62.9. The van der Waals surface area contributed by atoms with Crippen molar-refractivity contribution in [1.82, 2.24) is 35.4 Å². The van der Waals surface area contributed by atoms with Crippen LogP contribution in [-0.2, 0) is 113 Å². The van der Waals surface area contributed by atoms with Gasteiger partial charge in [-0.1, -0.05) is 40.5 Å². The van der Waals surface area contributed by atoms with Crippen LogP contribution in [0.3, 0.4) is 0 Å². The third-order valence-corrected chi connectivity index (χ3v) is 26.7. The Morgan fingerprint density at radius 1 is 0.538 bits per heavy atom. The Morgan fingerprint density at radius 3 is 1.48 bits per heavy atom. The van der Waals surface area contributed by atoms with E-state index in [1.807, 2.05) is 0 Å². The van der Waals surface area contributed by atoms with Crippen LogP contribution < -0.4 is 21.7 Å². The summed E-state index contributed by atoms with van der Waals surface area (Å²) in [5, 5.41) is 110. The summed E-state index contributed by atoms with van der Waals surface area (Å²) >= 11 is 0. The number of aromatic nitrogens is 3. The highest BCUT2D eigenvalue weighted by Crippen LogP contribution is 2.52. The number of ether oxygens (including phenoxy) is 10. The number of fused-ring (bicyclic) bond motifs is 1. The average Bonchev–Trinajstić information content (AvgIpc) is 1.66. The molecule has 5 saturated heterocycles. The zero-order chi connectivity index (χ0) is 96.7. The molecule has 754 valence electrons. The first-order valence-corrected chi connectivity index (χ1v) is 49.2. The van der Waals surface area contributed by atoms with Gasteiger partial charge in [0.1, 0.15) is 114 Å². The van der Waals surface area contributed by atoms with E-state index in [4.69, 9.17) is 66.7 Å². The fraction of sp³-hybridized carbons (Fsp3) is 0.826. The third-order valence-electron chi connectivity index (χ3n) is 23.9. The minimum atomic E-state index is -5.18. The molecule has 8 unspecified atom stereocenters. The molecule has 0 spiro atoms. The van der Waals surface area contributed by atoms with Gasteiger partial charge >= 0.3 is 15.4 Å². The van der Waals surface area contributed by atoms with E-state index in [1.54, 1.807) is 13.8 Å². The predicted octanol–water partition coefficient (Wildman–Crippen LogP) is 1.53. The largest absolute Gasteiger partial charge is 0.472 e. The van der Waals surface area contributed by atoms with E-state index in [-0.39, 0.29) is 165 Å². The predicted molar refractivity (Wildman–Crippen MR) is 467 cm³/mol. The number of amides is 4. The van der Waals surface area contributed by atoms with E-state index >= 15 is 0 Å². The third kappa shape index (κ3) is 37.8. The van der Waals surface area contributed by atoms with Gasteiger partial charge in [-0.15, -0.1) is 0 Å². The standard InChI is InChI=1S/C86H144N8O36P2/c1-53(2)131(114,115)124-48-69-65(41-73(126-69)94-52-90-74-64(87)28-33-89-82(74)94)130-132(116,117)125-47-57-40-63(104)43-93(57)72(107)42-71(106)92-86(49-118-37-29-61(102)22-10-6-8-20-58(99)25-13-17-34-121-83-54(3)76(108)78(110)66(44-95)127-83,50-119-38-30-62(103)23-11-7-9-21-59(100)26-14-18-35-122-84-55(4)77(109)79(111)67(45-96)128-84)51-120-39-31-70(105)88-32-16-12-24-60(101)27-15-19-36-123-85-75(91-56(5)98)81(113)80(112)68(46-97)129-85/h28,33,52-55,57,63,65-69,73,75-81,83-85,95-97,104,108-113H,6-27,29-32,34-51H2,1-5H3,(H2,87,89)(H,88,105)(H,91,98)(H,92,106)(H,114,115)(H,116,117)/t54?,55?,57-,63+,65+,66?,67?,68?,69-,73-,75?,76-,77-,78+,79+,80+,81-,83-,84-,85-,86?/m1/s1. The number of nitrogens with two attached hydrogens (primary N) is 1. The first-order valence-electron chi connectivity index (χ1n) is 46.1. The Kier molecular flexibility index (Phi) is 49.8. The van der Waals surface area contributed by atoms with E-state index in [1.165, 1.54) is 43.9 Å². The molecule has 7 rings (SSSR count). The minimum Gasteiger partial charge on any atom is -0.397 e. The van der Waals surface area contributed by atoms with Crippen molar-refractivity contribution in [3.63, 3.8) is 0 Å². The van der Waals surface area contributed by atoms with Crippen LogP contribution in [0.25, 0.3) is 11.2 Å². The number of aliphatic hydroxyl groups is 10. The fourth-order valence-electron chi connectivity index (χ4n) is 15.9. The van der Waals surface area contributed by atoms with Crippen LogP contribution in [0.15, 0.2) is 18.6 Å². The summed E-state index contributed by atoms with van der Waals surface area (Å²) in [7, 11) is -9.40. The minimum absolute atomic E-state index is 0.0246. The van der Waals surface area contributed by atoms with E-state index in [2.05, 4.69) is 25.9 Å². The smallest absolute Gasteiger partial charge is 0.397 e. The maximum absolute atomic E-state index is 14.6. The SMILES string of the molecule is CC(=O)NC1[C@H](OCCCCC(=O)CCCCNC(=O)CCOCC(COCCC(=O)CCCCCC(=O)CCCCO[C@@H]2OC(CO)[C@H](O)[C@H](O)C2C)(COCCC(=O)CCCCCC(=O)CCCCO[C@@H]2OC(CO)[C@H](O)[C@H](O)C2C)NC(=O)CC(=O)N2C[C@@H](O)C[C@@H]2COP(=O)(O)O[C@H]2C[C@H](n3cnc4c(N)ccnc43)O[C@@H]2COP(=O)(O)C(C)C)OC(CO)[C@H](O)[C@@H]1O. The second-order valence-corrected chi connectivity index (χ2v) is 38.9. The number of rotatable bonds is 67. The van der Waals surface area contributed by atoms with Crippen molar-refractivity contribution in [1.29, 1.82) is 0 Å². The molecule has 132 heavy (non-hydrogen) atoms. The molecule has 22 atom stereocenters. The highest BCUT2D eigenvalue weighted by Gasteiger charge is 2.49.